The number of fused-ring (bicyclic) bond motifs is 3. The molecule has 4 atom stereocenters. The molecule has 4 unspecified atom stereocenters. The topological polar surface area (TPSA) is 118 Å². The molecule has 4 aromatic rings. The highest BCUT2D eigenvalue weighted by atomic mass is 16.5. The molecular weight excluding hydrogens is 709 g/mol. The van der Waals surface area contributed by atoms with Crippen molar-refractivity contribution < 1.29 is 43.2 Å². The second kappa shape index (κ2) is 20.1. The fourth-order valence-electron chi connectivity index (χ4n) is 7.41. The minimum absolute atomic E-state index is 0.0215. The summed E-state index contributed by atoms with van der Waals surface area (Å²) in [6, 6.07) is 23.6. The summed E-state index contributed by atoms with van der Waals surface area (Å²) in [5, 5.41) is 13.0. The second-order valence-electron chi connectivity index (χ2n) is 14.2. The third kappa shape index (κ3) is 10.2. The van der Waals surface area contributed by atoms with Gasteiger partial charge in [-0.1, -0.05) is 49.4 Å². The van der Waals surface area contributed by atoms with E-state index in [1.807, 2.05) is 94.4 Å². The van der Waals surface area contributed by atoms with E-state index in [4.69, 9.17) is 23.7 Å². The van der Waals surface area contributed by atoms with Crippen LogP contribution < -0.4 is 14.2 Å². The predicted molar refractivity (Wildman–Crippen MR) is 220 cm³/mol. The van der Waals surface area contributed by atoms with Crippen LogP contribution in [0.2, 0.25) is 0 Å². The van der Waals surface area contributed by atoms with Gasteiger partial charge in [-0.25, -0.2) is 0 Å². The van der Waals surface area contributed by atoms with Gasteiger partial charge in [0.25, 0.3) is 0 Å². The van der Waals surface area contributed by atoms with Crippen LogP contribution in [0.3, 0.4) is 0 Å². The van der Waals surface area contributed by atoms with Crippen molar-refractivity contribution in [1.82, 2.24) is 0 Å². The van der Waals surface area contributed by atoms with Crippen LogP contribution >= 0.6 is 0 Å². The van der Waals surface area contributed by atoms with Crippen LogP contribution in [-0.2, 0) is 42.3 Å². The molecule has 0 amide bonds. The van der Waals surface area contributed by atoms with Crippen molar-refractivity contribution in [3.05, 3.63) is 107 Å². The smallest absolute Gasteiger partial charge is 0.313 e. The Bertz CT molecular complexity index is 2010. The van der Waals surface area contributed by atoms with Gasteiger partial charge in [-0.2, -0.15) is 0 Å². The lowest BCUT2D eigenvalue weighted by Crippen LogP contribution is -2.40. The van der Waals surface area contributed by atoms with Gasteiger partial charge < -0.3 is 28.8 Å². The average molecular weight is 767 g/mol. The summed E-state index contributed by atoms with van der Waals surface area (Å²) in [4.78, 5) is 35.4. The van der Waals surface area contributed by atoms with Crippen LogP contribution in [0.25, 0.3) is 16.3 Å². The second-order valence-corrected chi connectivity index (χ2v) is 14.2. The van der Waals surface area contributed by atoms with E-state index in [2.05, 4.69) is 12.1 Å². The van der Waals surface area contributed by atoms with Crippen LogP contribution in [0.15, 0.2) is 78.9 Å². The number of aryl methyl sites for hydroxylation is 2. The van der Waals surface area contributed by atoms with Crippen LogP contribution in [0.1, 0.15) is 94.5 Å². The fourth-order valence-corrected chi connectivity index (χ4v) is 7.41. The molecule has 0 aliphatic heterocycles. The number of esters is 2. The molecular formula is C47H58O9. The Morgan fingerprint density at radius 2 is 1.32 bits per heavy atom. The quantitative estimate of drug-likeness (QED) is 0.149. The molecule has 56 heavy (non-hydrogen) atoms. The standard InChI is InChI=1S/C16H20O3.C16H18O3.C15H20O3/c2*1-4-19-16(17)11(2)14-7-5-6-12-8-9-13(18-3)10-15(12)14;1-10(11(2)16)15(17)8-4-5-12-6-7-13(18-3)9-14(12)15/h7-11H,4-6H2,1-3H3;5-11H,4H2,1-3H3;6-7,9-10,17H,4-5,8H2,1-3H3. The highest BCUT2D eigenvalue weighted by molar-refractivity contribution is 5.92. The number of carbonyl (C=O) groups excluding carboxylic acids is 3. The van der Waals surface area contributed by atoms with E-state index in [1.165, 1.54) is 12.5 Å². The number of ketones is 1. The largest absolute Gasteiger partial charge is 0.497 e. The molecule has 0 spiro atoms. The van der Waals surface area contributed by atoms with E-state index in [1.54, 1.807) is 28.3 Å². The third-order valence-corrected chi connectivity index (χ3v) is 10.9. The van der Waals surface area contributed by atoms with E-state index in [-0.39, 0.29) is 35.5 Å². The van der Waals surface area contributed by atoms with Gasteiger partial charge in [0.15, 0.2) is 0 Å². The van der Waals surface area contributed by atoms with Crippen molar-refractivity contribution in [2.45, 2.75) is 85.2 Å². The molecule has 0 heterocycles. The van der Waals surface area contributed by atoms with Crippen molar-refractivity contribution in [3.8, 4) is 17.2 Å². The van der Waals surface area contributed by atoms with E-state index < -0.39 is 5.60 Å². The predicted octanol–water partition coefficient (Wildman–Crippen LogP) is 9.18. The Hall–Kier alpha value is -5.15. The number of methoxy groups -OCH3 is 3. The van der Waals surface area contributed by atoms with Crippen molar-refractivity contribution in [3.63, 3.8) is 0 Å². The Balaban J connectivity index is 0.000000187. The molecule has 0 aromatic heterocycles. The molecule has 9 nitrogen and oxygen atoms in total. The molecule has 1 N–H and O–H groups in total. The summed E-state index contributed by atoms with van der Waals surface area (Å²) in [5.74, 6) is 1.10. The minimum Gasteiger partial charge on any atom is -0.497 e. The molecule has 0 saturated carbocycles. The van der Waals surface area contributed by atoms with Gasteiger partial charge >= 0.3 is 11.9 Å². The zero-order valence-corrected chi connectivity index (χ0v) is 34.4. The van der Waals surface area contributed by atoms with Gasteiger partial charge in [0.1, 0.15) is 23.0 Å². The molecule has 0 saturated heterocycles. The van der Waals surface area contributed by atoms with Crippen LogP contribution in [0.4, 0.5) is 0 Å². The Morgan fingerprint density at radius 3 is 1.95 bits per heavy atom. The normalized spacial score (nSPS) is 17.1. The summed E-state index contributed by atoms with van der Waals surface area (Å²) < 4.78 is 26.0. The number of rotatable bonds is 11. The van der Waals surface area contributed by atoms with Crippen molar-refractivity contribution >= 4 is 34.1 Å². The fraction of sp³-hybridized carbons (Fsp3) is 0.426. The maximum atomic E-state index is 11.9. The number of hydrogen-bond donors (Lipinski definition) is 1. The number of carbonyl (C=O) groups is 3. The first-order valence-corrected chi connectivity index (χ1v) is 19.5. The SMILES string of the molecule is CCOC(=O)C(C)C1=CCCc2ccc(OC)cc21.CCOC(=O)C(C)c1cccc2ccc(OC)cc12.COc1ccc2c(c1)C(O)(C(C)C(C)=O)CCC2. The maximum Gasteiger partial charge on any atom is 0.313 e. The van der Waals surface area contributed by atoms with Crippen LogP contribution in [0.5, 0.6) is 17.2 Å². The average Bonchev–Trinajstić information content (AvgIpc) is 3.22. The van der Waals surface area contributed by atoms with Gasteiger partial charge in [-0.15, -0.1) is 0 Å². The van der Waals surface area contributed by atoms with Crippen LogP contribution in [0, 0.1) is 11.8 Å². The monoisotopic (exact) mass is 766 g/mol. The molecule has 2 aliphatic rings. The Morgan fingerprint density at radius 1 is 0.732 bits per heavy atom. The molecule has 2 aliphatic carbocycles. The van der Waals surface area contributed by atoms with E-state index in [0.29, 0.717) is 19.6 Å². The Kier molecular flexibility index (Phi) is 15.7. The lowest BCUT2D eigenvalue weighted by Gasteiger charge is -2.38. The van der Waals surface area contributed by atoms with Crippen LogP contribution in [-0.4, -0.2) is 57.4 Å². The highest BCUT2D eigenvalue weighted by Crippen LogP contribution is 2.42. The number of Topliss-reactive ketones (excluding diaryl/α,β-unsaturated/α-hetero) is 1. The summed E-state index contributed by atoms with van der Waals surface area (Å²) in [6.07, 6.45) is 6.62. The first kappa shape index (κ1) is 43.6. The lowest BCUT2D eigenvalue weighted by atomic mass is 9.71. The molecule has 0 bridgehead atoms. The van der Waals surface area contributed by atoms with Gasteiger partial charge in [-0.05, 0) is 147 Å². The highest BCUT2D eigenvalue weighted by Gasteiger charge is 2.41. The van der Waals surface area contributed by atoms with Gasteiger partial charge in [0.2, 0.25) is 0 Å². The summed E-state index contributed by atoms with van der Waals surface area (Å²) in [6.45, 7) is 11.6. The molecule has 0 fully saturated rings. The van der Waals surface area contributed by atoms with E-state index in [9.17, 15) is 19.5 Å². The summed E-state index contributed by atoms with van der Waals surface area (Å²) >= 11 is 0. The number of hydrogen-bond acceptors (Lipinski definition) is 9. The van der Waals surface area contributed by atoms with Crippen molar-refractivity contribution in [2.75, 3.05) is 34.5 Å². The minimum atomic E-state index is -1.05. The summed E-state index contributed by atoms with van der Waals surface area (Å²) in [5.41, 5.74) is 5.34. The first-order chi connectivity index (χ1) is 26.8. The number of allylic oxidation sites excluding steroid dienone is 1. The van der Waals surface area contributed by atoms with E-state index >= 15 is 0 Å². The van der Waals surface area contributed by atoms with Gasteiger partial charge in [0.05, 0.1) is 52.0 Å². The van der Waals surface area contributed by atoms with Crippen molar-refractivity contribution in [1.29, 1.82) is 0 Å². The maximum absolute atomic E-state index is 11.9. The van der Waals surface area contributed by atoms with Gasteiger partial charge in [-0.3, -0.25) is 14.4 Å². The van der Waals surface area contributed by atoms with E-state index in [0.717, 1.165) is 81.5 Å². The zero-order valence-electron chi connectivity index (χ0n) is 34.4. The summed E-state index contributed by atoms with van der Waals surface area (Å²) in [7, 11) is 4.90. The molecule has 6 rings (SSSR count). The number of ether oxygens (including phenoxy) is 5. The molecule has 9 heteroatoms. The lowest BCUT2D eigenvalue weighted by molar-refractivity contribution is -0.145. The number of aliphatic hydroxyl groups is 1. The van der Waals surface area contributed by atoms with Crippen molar-refractivity contribution in [2.24, 2.45) is 11.8 Å². The zero-order chi connectivity index (χ0) is 41.0. The van der Waals surface area contributed by atoms with Gasteiger partial charge in [0, 0.05) is 5.92 Å². The number of benzene rings is 4. The molecule has 0 radical (unpaired) electrons. The molecule has 4 aromatic carbocycles. The molecule has 300 valence electrons. The first-order valence-electron chi connectivity index (χ1n) is 19.5. The third-order valence-electron chi connectivity index (χ3n) is 10.9. The Labute approximate surface area is 332 Å².